The molecule has 0 saturated heterocycles. The zero-order valence-corrected chi connectivity index (χ0v) is 14.1. The Morgan fingerprint density at radius 1 is 1.26 bits per heavy atom. The molecule has 1 aromatic heterocycles. The minimum Gasteiger partial charge on any atom is -0.388 e. The summed E-state index contributed by atoms with van der Waals surface area (Å²) in [5.41, 5.74) is 1.19. The number of hydrogen-bond donors (Lipinski definition) is 3. The van der Waals surface area contributed by atoms with Crippen molar-refractivity contribution < 1.29 is 14.7 Å². The first kappa shape index (κ1) is 17.5. The molecule has 1 aromatic carbocycles. The van der Waals surface area contributed by atoms with Gasteiger partial charge in [0.05, 0.1) is 6.10 Å². The number of halogens is 1. The van der Waals surface area contributed by atoms with Crippen molar-refractivity contribution in [3.8, 4) is 0 Å². The third-order valence-corrected chi connectivity index (χ3v) is 4.68. The van der Waals surface area contributed by atoms with E-state index in [4.69, 9.17) is 11.6 Å². The lowest BCUT2D eigenvalue weighted by molar-refractivity contribution is -0.136. The predicted octanol–water partition coefficient (Wildman–Crippen LogP) is 2.89. The molecule has 2 rings (SSSR count). The number of carbonyl (C=O) groups is 2. The fourth-order valence-electron chi connectivity index (χ4n) is 1.95. The number of thiophene rings is 1. The average Bonchev–Trinajstić information content (AvgIpc) is 3.06. The van der Waals surface area contributed by atoms with Gasteiger partial charge in [-0.25, -0.2) is 0 Å². The molecule has 2 aromatic rings. The van der Waals surface area contributed by atoms with Crippen LogP contribution in [-0.2, 0) is 9.59 Å². The number of carbonyl (C=O) groups excluding carboxylic acids is 2. The molecule has 0 bridgehead atoms. The van der Waals surface area contributed by atoms with E-state index in [1.807, 2.05) is 17.5 Å². The van der Waals surface area contributed by atoms with Crippen molar-refractivity contribution >= 4 is 40.4 Å². The molecule has 122 valence electrons. The van der Waals surface area contributed by atoms with Gasteiger partial charge >= 0.3 is 11.8 Å². The number of amides is 2. The number of benzene rings is 1. The summed E-state index contributed by atoms with van der Waals surface area (Å²) in [4.78, 5) is 24.5. The lowest BCUT2D eigenvalue weighted by Crippen LogP contribution is -2.36. The molecule has 7 heteroatoms. The van der Waals surface area contributed by atoms with Crippen LogP contribution in [0.25, 0.3) is 0 Å². The Hall–Kier alpha value is -1.89. The monoisotopic (exact) mass is 352 g/mol. The van der Waals surface area contributed by atoms with E-state index in [9.17, 15) is 14.7 Å². The van der Waals surface area contributed by atoms with E-state index >= 15 is 0 Å². The Labute approximate surface area is 143 Å². The fraction of sp³-hybridized carbons (Fsp3) is 0.250. The van der Waals surface area contributed by atoms with E-state index in [1.165, 1.54) is 11.3 Å². The van der Waals surface area contributed by atoms with Crippen LogP contribution in [0.3, 0.4) is 0 Å². The normalized spacial score (nSPS) is 11.8. The molecule has 2 amide bonds. The van der Waals surface area contributed by atoms with Crippen LogP contribution in [0.5, 0.6) is 0 Å². The predicted molar refractivity (Wildman–Crippen MR) is 91.7 cm³/mol. The molecule has 3 N–H and O–H groups in total. The Balaban J connectivity index is 1.81. The number of anilines is 1. The van der Waals surface area contributed by atoms with Gasteiger partial charge in [-0.05, 0) is 42.5 Å². The second kappa shape index (κ2) is 8.10. The van der Waals surface area contributed by atoms with E-state index in [0.29, 0.717) is 22.7 Å². The van der Waals surface area contributed by atoms with Gasteiger partial charge in [0.1, 0.15) is 0 Å². The largest absolute Gasteiger partial charge is 0.388 e. The van der Waals surface area contributed by atoms with Crippen molar-refractivity contribution in [2.45, 2.75) is 19.4 Å². The maximum Gasteiger partial charge on any atom is 0.313 e. The molecule has 0 radical (unpaired) electrons. The van der Waals surface area contributed by atoms with Crippen LogP contribution in [0.4, 0.5) is 5.69 Å². The molecule has 0 saturated carbocycles. The number of nitrogens with one attached hydrogen (secondary N) is 2. The summed E-state index contributed by atoms with van der Waals surface area (Å²) >= 11 is 7.41. The molecular weight excluding hydrogens is 336 g/mol. The summed E-state index contributed by atoms with van der Waals surface area (Å²) < 4.78 is 0. The van der Waals surface area contributed by atoms with Gasteiger partial charge in [0.15, 0.2) is 0 Å². The number of hydrogen-bond acceptors (Lipinski definition) is 4. The highest BCUT2D eigenvalue weighted by atomic mass is 35.5. The molecule has 0 aliphatic rings. The lowest BCUT2D eigenvalue weighted by atomic mass is 10.2. The van der Waals surface area contributed by atoms with Gasteiger partial charge in [-0.3, -0.25) is 9.59 Å². The van der Waals surface area contributed by atoms with Gasteiger partial charge in [0, 0.05) is 22.1 Å². The SMILES string of the molecule is Cc1c(Cl)cccc1NC(=O)C(=O)NCC[C@H](O)c1cccs1. The van der Waals surface area contributed by atoms with E-state index in [-0.39, 0.29) is 6.54 Å². The first-order valence-electron chi connectivity index (χ1n) is 7.05. The summed E-state index contributed by atoms with van der Waals surface area (Å²) in [6, 6.07) is 8.75. The van der Waals surface area contributed by atoms with Gasteiger partial charge in [0.2, 0.25) is 0 Å². The first-order chi connectivity index (χ1) is 11.0. The van der Waals surface area contributed by atoms with Crippen molar-refractivity contribution in [1.29, 1.82) is 0 Å². The standard InChI is InChI=1S/C16H17ClN2O3S/c1-10-11(17)4-2-5-12(10)19-16(22)15(21)18-8-7-13(20)14-6-3-9-23-14/h2-6,9,13,20H,7-8H2,1H3,(H,18,21)(H,19,22)/t13-/m0/s1. The Morgan fingerprint density at radius 2 is 2.04 bits per heavy atom. The average molecular weight is 353 g/mol. The second-order valence-electron chi connectivity index (χ2n) is 4.94. The lowest BCUT2D eigenvalue weighted by Gasteiger charge is -2.11. The Morgan fingerprint density at radius 3 is 2.74 bits per heavy atom. The minimum atomic E-state index is -0.763. The first-order valence-corrected chi connectivity index (χ1v) is 8.30. The van der Waals surface area contributed by atoms with Gasteiger partial charge in [-0.15, -0.1) is 11.3 Å². The molecule has 1 heterocycles. The summed E-state index contributed by atoms with van der Waals surface area (Å²) in [6.45, 7) is 1.97. The van der Waals surface area contributed by atoms with Crippen molar-refractivity contribution in [3.05, 3.63) is 51.2 Å². The third kappa shape index (κ3) is 4.79. The van der Waals surface area contributed by atoms with Crippen LogP contribution < -0.4 is 10.6 Å². The maximum absolute atomic E-state index is 11.9. The quantitative estimate of drug-likeness (QED) is 0.724. The van der Waals surface area contributed by atoms with Crippen LogP contribution in [-0.4, -0.2) is 23.5 Å². The van der Waals surface area contributed by atoms with Gasteiger partial charge in [0.25, 0.3) is 0 Å². The number of aliphatic hydroxyl groups excluding tert-OH is 1. The molecule has 0 aliphatic carbocycles. The summed E-state index contributed by atoms with van der Waals surface area (Å²) in [5, 5.41) is 17.3. The van der Waals surface area contributed by atoms with Crippen LogP contribution >= 0.6 is 22.9 Å². The molecule has 0 unspecified atom stereocenters. The van der Waals surface area contributed by atoms with Gasteiger partial charge in [-0.2, -0.15) is 0 Å². The van der Waals surface area contributed by atoms with E-state index in [0.717, 1.165) is 4.88 Å². The third-order valence-electron chi connectivity index (χ3n) is 3.30. The van der Waals surface area contributed by atoms with Crippen LogP contribution in [0.15, 0.2) is 35.7 Å². The van der Waals surface area contributed by atoms with Gasteiger partial charge < -0.3 is 15.7 Å². The molecule has 0 spiro atoms. The molecule has 1 atom stereocenters. The minimum absolute atomic E-state index is 0.208. The van der Waals surface area contributed by atoms with Crippen molar-refractivity contribution in [2.24, 2.45) is 0 Å². The summed E-state index contributed by atoms with van der Waals surface area (Å²) in [5.74, 6) is -1.51. The fourth-order valence-corrected chi connectivity index (χ4v) is 2.87. The smallest absolute Gasteiger partial charge is 0.313 e. The molecule has 5 nitrogen and oxygen atoms in total. The van der Waals surface area contributed by atoms with Crippen molar-refractivity contribution in [1.82, 2.24) is 5.32 Å². The topological polar surface area (TPSA) is 78.4 Å². The second-order valence-corrected chi connectivity index (χ2v) is 6.33. The van der Waals surface area contributed by atoms with Crippen LogP contribution in [0, 0.1) is 6.92 Å². The Kier molecular flexibility index (Phi) is 6.15. The maximum atomic E-state index is 11.9. The molecular formula is C16H17ClN2O3S. The highest BCUT2D eigenvalue weighted by Gasteiger charge is 2.16. The number of aliphatic hydroxyl groups is 1. The highest BCUT2D eigenvalue weighted by Crippen LogP contribution is 2.23. The molecule has 23 heavy (non-hydrogen) atoms. The number of rotatable bonds is 5. The highest BCUT2D eigenvalue weighted by molar-refractivity contribution is 7.10. The zero-order chi connectivity index (χ0) is 16.8. The van der Waals surface area contributed by atoms with E-state index < -0.39 is 17.9 Å². The van der Waals surface area contributed by atoms with Crippen molar-refractivity contribution in [2.75, 3.05) is 11.9 Å². The van der Waals surface area contributed by atoms with Crippen LogP contribution in [0.2, 0.25) is 5.02 Å². The van der Waals surface area contributed by atoms with E-state index in [2.05, 4.69) is 10.6 Å². The molecule has 0 aliphatic heterocycles. The van der Waals surface area contributed by atoms with Crippen molar-refractivity contribution in [3.63, 3.8) is 0 Å². The van der Waals surface area contributed by atoms with Crippen LogP contribution in [0.1, 0.15) is 23.0 Å². The summed E-state index contributed by atoms with van der Waals surface area (Å²) in [6.07, 6.45) is -0.302. The van der Waals surface area contributed by atoms with E-state index in [1.54, 1.807) is 25.1 Å². The van der Waals surface area contributed by atoms with Gasteiger partial charge in [-0.1, -0.05) is 23.7 Å². The summed E-state index contributed by atoms with van der Waals surface area (Å²) in [7, 11) is 0. The molecule has 0 fully saturated rings. The zero-order valence-electron chi connectivity index (χ0n) is 12.5. The Bertz CT molecular complexity index is 689.